The van der Waals surface area contributed by atoms with Crippen molar-refractivity contribution in [3.8, 4) is 61.7 Å². The zero-order valence-electron chi connectivity index (χ0n) is 44.0. The number of aromatic nitrogens is 4. The van der Waals surface area contributed by atoms with Crippen LogP contribution in [0.25, 0.3) is 116 Å². The van der Waals surface area contributed by atoms with Crippen molar-refractivity contribution in [3.63, 3.8) is 0 Å². The zero-order chi connectivity index (χ0) is 52.3. The van der Waals surface area contributed by atoms with Crippen LogP contribution in [0.5, 0.6) is 0 Å². The van der Waals surface area contributed by atoms with Gasteiger partial charge in [0, 0.05) is 53.9 Å². The van der Waals surface area contributed by atoms with Crippen LogP contribution in [0, 0.1) is 24.9 Å². The number of aryl methyl sites for hydroxylation is 1. The minimum atomic E-state index is -2.10. The smallest absolute Gasteiger partial charge is 0 e. The number of benzene rings is 9. The van der Waals surface area contributed by atoms with Gasteiger partial charge < -0.3 is 8.98 Å². The van der Waals surface area contributed by atoms with Crippen LogP contribution in [0.4, 0.5) is 4.39 Å². The second kappa shape index (κ2) is 20.7. The molecule has 1 radical (unpaired) electrons. The van der Waals surface area contributed by atoms with E-state index in [0.717, 1.165) is 117 Å². The molecule has 0 aliphatic rings. The number of nitrogens with zero attached hydrogens (tertiary/aromatic N) is 4. The Bertz CT molecular complexity index is 4320. The molecule has 0 aliphatic heterocycles. The predicted octanol–water partition coefficient (Wildman–Crippen LogP) is 17.8. The van der Waals surface area contributed by atoms with E-state index in [1.807, 2.05) is 50.5 Å². The SMILES string of the molecule is Cc1c[c-]c(-c2nc3c4ccccc4c4ccccc4c3n2-c2cc(-c3ccccc3)ccc2-c2ccccc2)c2oc3cc(-c4ccccc4)cnc3c12.[2H]C(C)(C)c1cc(-c2[c-]cc(F)cc2)nc[c]1[Ge]([CH3])([CH3])[CH3].[Ir]. The molecule has 0 unspecified atom stereocenters. The third kappa shape index (κ3) is 9.27. The van der Waals surface area contributed by atoms with Gasteiger partial charge in [-0.2, -0.15) is 0 Å². The summed E-state index contributed by atoms with van der Waals surface area (Å²) in [7, 11) is 0. The quantitative estimate of drug-likeness (QED) is 0.0864. The van der Waals surface area contributed by atoms with Gasteiger partial charge in [-0.05, 0) is 50.5 Å². The molecule has 0 spiro atoms. The first kappa shape index (κ1) is 49.1. The Hall–Kier alpha value is -7.81. The topological polar surface area (TPSA) is 56.7 Å². The molecular formula is C68H53FGeIrN4O-2. The second-order valence-electron chi connectivity index (χ2n) is 20.4. The number of halogens is 1. The Morgan fingerprint density at radius 3 is 1.87 bits per heavy atom. The average Bonchev–Trinajstić information content (AvgIpc) is 4.24. The van der Waals surface area contributed by atoms with Crippen LogP contribution in [0.2, 0.25) is 17.3 Å². The standard InChI is InChI=1S/C51H32N3O.C17H21FGeN.Ir/c1-32-25-27-43(50-46(32)48-45(55-50)30-37(31-52-48)34-17-7-3-8-18-34)51-53-47-41-23-13-11-21-39(41)40-22-12-14-24-42(40)49(47)54(51)44-29-36(33-15-5-2-6-16-33)26-28-38(44)35-19-9-4-10-20-35;1-12(2)15-10-17(13-6-8-14(18)9-7-13)20-11-16(15)19(3,4)5;/h2-26,28-31H,1H3;6,8-12H,1-5H3;/q2*-1;/i;12D;. The van der Waals surface area contributed by atoms with Crippen molar-refractivity contribution in [1.29, 1.82) is 0 Å². The van der Waals surface area contributed by atoms with E-state index in [9.17, 15) is 4.39 Å². The van der Waals surface area contributed by atoms with Crippen LogP contribution < -0.4 is 4.40 Å². The molecule has 0 saturated heterocycles. The molecule has 4 heterocycles. The molecular weight excluding hydrogens is 1170 g/mol. The molecule has 5 nitrogen and oxygen atoms in total. The third-order valence-corrected chi connectivity index (χ3v) is 18.4. The van der Waals surface area contributed by atoms with Gasteiger partial charge in [-0.25, -0.2) is 0 Å². The van der Waals surface area contributed by atoms with Gasteiger partial charge >= 0.3 is 125 Å². The van der Waals surface area contributed by atoms with Gasteiger partial charge in [0.25, 0.3) is 0 Å². The molecule has 13 rings (SSSR count). The maximum absolute atomic E-state index is 13.0. The molecule has 0 bridgehead atoms. The molecule has 0 fully saturated rings. The predicted molar refractivity (Wildman–Crippen MR) is 312 cm³/mol. The van der Waals surface area contributed by atoms with Gasteiger partial charge in [0.15, 0.2) is 0 Å². The summed E-state index contributed by atoms with van der Waals surface area (Å²) in [5.41, 5.74) is 16.2. The summed E-state index contributed by atoms with van der Waals surface area (Å²) in [5.74, 6) is 6.68. The average molecular weight is 1230 g/mol. The van der Waals surface area contributed by atoms with Crippen LogP contribution in [0.3, 0.4) is 0 Å². The Labute approximate surface area is 460 Å². The minimum Gasteiger partial charge on any atom is 0 e. The molecule has 13 aromatic rings. The largest absolute Gasteiger partial charge is 0 e. The number of hydrogen-bond acceptors (Lipinski definition) is 4. The number of pyridine rings is 2. The van der Waals surface area contributed by atoms with E-state index in [1.165, 1.54) is 27.3 Å². The van der Waals surface area contributed by atoms with Gasteiger partial charge in [-0.15, -0.1) is 17.7 Å². The summed E-state index contributed by atoms with van der Waals surface area (Å²) in [5, 5.41) is 5.54. The van der Waals surface area contributed by atoms with E-state index in [1.54, 1.807) is 6.07 Å². The van der Waals surface area contributed by atoms with Crippen molar-refractivity contribution in [1.82, 2.24) is 19.5 Å². The fraction of sp³-hybridized carbons (Fsp3) is 0.103. The van der Waals surface area contributed by atoms with E-state index in [0.29, 0.717) is 0 Å². The molecule has 373 valence electrons. The zero-order valence-corrected chi connectivity index (χ0v) is 47.5. The van der Waals surface area contributed by atoms with Crippen LogP contribution in [-0.4, -0.2) is 32.8 Å². The van der Waals surface area contributed by atoms with E-state index in [4.69, 9.17) is 15.8 Å². The first-order chi connectivity index (χ1) is 36.8. The van der Waals surface area contributed by atoms with E-state index in [-0.39, 0.29) is 25.9 Å². The Morgan fingerprint density at radius 2 is 1.22 bits per heavy atom. The molecule has 0 atom stereocenters. The number of fused-ring (bicyclic) bond motifs is 9. The summed E-state index contributed by atoms with van der Waals surface area (Å²) < 4.78 is 31.9. The first-order valence-corrected chi connectivity index (χ1v) is 32.7. The van der Waals surface area contributed by atoms with Gasteiger partial charge in [0.2, 0.25) is 0 Å². The van der Waals surface area contributed by atoms with Crippen molar-refractivity contribution in [2.75, 3.05) is 0 Å². The minimum absolute atomic E-state index is 0. The van der Waals surface area contributed by atoms with Crippen molar-refractivity contribution in [2.24, 2.45) is 0 Å². The molecule has 8 heteroatoms. The number of imidazole rings is 1. The molecule has 4 aromatic heterocycles. The summed E-state index contributed by atoms with van der Waals surface area (Å²) >= 11 is -2.10. The number of furan rings is 1. The maximum Gasteiger partial charge on any atom is 0 e. The van der Waals surface area contributed by atoms with Gasteiger partial charge in [-0.3, -0.25) is 9.97 Å². The fourth-order valence-electron chi connectivity index (χ4n) is 10.5. The Kier molecular flexibility index (Phi) is 13.4. The fourth-order valence-corrected chi connectivity index (χ4v) is 13.8. The normalized spacial score (nSPS) is 12.0. The Morgan fingerprint density at radius 1 is 0.605 bits per heavy atom. The molecule has 76 heavy (non-hydrogen) atoms. The van der Waals surface area contributed by atoms with Crippen molar-refractivity contribution >= 4 is 72.3 Å². The van der Waals surface area contributed by atoms with Crippen molar-refractivity contribution in [3.05, 3.63) is 236 Å². The van der Waals surface area contributed by atoms with Crippen molar-refractivity contribution in [2.45, 2.75) is 43.9 Å². The van der Waals surface area contributed by atoms with Crippen LogP contribution in [0.1, 0.15) is 32.2 Å². The van der Waals surface area contributed by atoms with Crippen LogP contribution in [0.15, 0.2) is 211 Å². The van der Waals surface area contributed by atoms with E-state index >= 15 is 0 Å². The summed E-state index contributed by atoms with van der Waals surface area (Å²) in [4.78, 5) is 15.2. The summed E-state index contributed by atoms with van der Waals surface area (Å²) in [6.45, 7) is 5.90. The summed E-state index contributed by atoms with van der Waals surface area (Å²) in [6.07, 6.45) is 3.86. The maximum atomic E-state index is 13.0. The van der Waals surface area contributed by atoms with Crippen LogP contribution >= 0.6 is 0 Å². The molecule has 0 amide bonds. The first-order valence-electron chi connectivity index (χ1n) is 25.9. The van der Waals surface area contributed by atoms with E-state index in [2.05, 4.69) is 198 Å². The van der Waals surface area contributed by atoms with Gasteiger partial charge in [0.1, 0.15) is 5.58 Å². The van der Waals surface area contributed by atoms with Gasteiger partial charge in [0.05, 0.1) is 28.0 Å². The monoisotopic (exact) mass is 1230 g/mol. The molecule has 9 aromatic carbocycles. The summed E-state index contributed by atoms with van der Waals surface area (Å²) in [6, 6.07) is 72.7. The van der Waals surface area contributed by atoms with Crippen molar-refractivity contribution < 1.29 is 30.3 Å². The van der Waals surface area contributed by atoms with E-state index < -0.39 is 19.2 Å². The molecule has 0 N–H and O–H groups in total. The molecule has 0 aliphatic carbocycles. The molecule has 0 saturated carbocycles. The Balaban J connectivity index is 0.000000243. The van der Waals surface area contributed by atoms with Crippen LogP contribution in [-0.2, 0) is 20.1 Å². The number of rotatable bonds is 8. The van der Waals surface area contributed by atoms with Gasteiger partial charge in [-0.1, -0.05) is 164 Å². The number of hydrogen-bond donors (Lipinski definition) is 0. The third-order valence-electron chi connectivity index (χ3n) is 14.2. The second-order valence-corrected chi connectivity index (χ2v) is 31.0.